The van der Waals surface area contributed by atoms with Crippen molar-refractivity contribution in [2.24, 2.45) is 0 Å². The molecule has 0 saturated heterocycles. The van der Waals surface area contributed by atoms with Crippen LogP contribution in [0.15, 0.2) is 36.7 Å². The van der Waals surface area contributed by atoms with Crippen LogP contribution in [0.2, 0.25) is 5.02 Å². The molecule has 19 heavy (non-hydrogen) atoms. The summed E-state index contributed by atoms with van der Waals surface area (Å²) < 4.78 is 0. The highest BCUT2D eigenvalue weighted by Crippen LogP contribution is 2.14. The fourth-order valence-electron chi connectivity index (χ4n) is 1.48. The molecular weight excluding hydrogens is 264 g/mol. The molecule has 0 unspecified atom stereocenters. The minimum Gasteiger partial charge on any atom is -0.372 e. The number of benzene rings is 1. The minimum absolute atomic E-state index is 0.269. The van der Waals surface area contributed by atoms with Gasteiger partial charge in [-0.2, -0.15) is 0 Å². The van der Waals surface area contributed by atoms with Gasteiger partial charge in [-0.1, -0.05) is 29.8 Å². The zero-order chi connectivity index (χ0) is 13.7. The van der Waals surface area contributed by atoms with Gasteiger partial charge >= 0.3 is 0 Å². The third kappa shape index (κ3) is 3.42. The molecule has 2 rings (SSSR count). The molecule has 0 aliphatic rings. The smallest absolute Gasteiger partial charge is 0.271 e. The molecule has 1 heterocycles. The molecule has 0 fully saturated rings. The Balaban J connectivity index is 1.99. The van der Waals surface area contributed by atoms with Crippen LogP contribution in [0.4, 0.5) is 5.82 Å². The first-order valence-corrected chi connectivity index (χ1v) is 6.10. The van der Waals surface area contributed by atoms with Crippen LogP contribution >= 0.6 is 11.6 Å². The van der Waals surface area contributed by atoms with E-state index in [9.17, 15) is 4.79 Å². The number of anilines is 1. The van der Waals surface area contributed by atoms with E-state index in [0.717, 1.165) is 5.56 Å². The van der Waals surface area contributed by atoms with Gasteiger partial charge in [-0.3, -0.25) is 4.79 Å². The van der Waals surface area contributed by atoms with E-state index in [2.05, 4.69) is 20.6 Å². The summed E-state index contributed by atoms with van der Waals surface area (Å²) in [5, 5.41) is 6.21. The number of aromatic nitrogens is 2. The monoisotopic (exact) mass is 276 g/mol. The first kappa shape index (κ1) is 13.3. The zero-order valence-corrected chi connectivity index (χ0v) is 11.1. The number of halogens is 1. The summed E-state index contributed by atoms with van der Waals surface area (Å²) in [5.74, 6) is 0.331. The summed E-state index contributed by atoms with van der Waals surface area (Å²) in [6.07, 6.45) is 2.93. The number of hydrogen-bond acceptors (Lipinski definition) is 4. The van der Waals surface area contributed by atoms with E-state index < -0.39 is 0 Å². The molecule has 1 aromatic heterocycles. The average Bonchev–Trinajstić information content (AvgIpc) is 2.46. The van der Waals surface area contributed by atoms with Crippen molar-refractivity contribution in [2.45, 2.75) is 6.54 Å². The molecule has 0 bridgehead atoms. The highest BCUT2D eigenvalue weighted by Gasteiger charge is 2.08. The number of carbonyl (C=O) groups is 1. The molecule has 1 aromatic carbocycles. The van der Waals surface area contributed by atoms with Crippen molar-refractivity contribution in [3.63, 3.8) is 0 Å². The third-order valence-electron chi connectivity index (χ3n) is 2.54. The lowest BCUT2D eigenvalue weighted by Gasteiger charge is -2.06. The van der Waals surface area contributed by atoms with Crippen LogP contribution in [0.3, 0.4) is 0 Å². The van der Waals surface area contributed by atoms with Crippen molar-refractivity contribution in [1.82, 2.24) is 15.3 Å². The average molecular weight is 277 g/mol. The third-order valence-corrected chi connectivity index (χ3v) is 2.91. The van der Waals surface area contributed by atoms with Crippen molar-refractivity contribution in [3.8, 4) is 0 Å². The molecule has 0 spiro atoms. The van der Waals surface area contributed by atoms with Gasteiger partial charge < -0.3 is 10.6 Å². The van der Waals surface area contributed by atoms with Crippen molar-refractivity contribution in [2.75, 3.05) is 12.4 Å². The summed E-state index contributed by atoms with van der Waals surface area (Å²) in [6.45, 7) is 0.355. The fourth-order valence-corrected chi connectivity index (χ4v) is 1.68. The molecule has 2 N–H and O–H groups in total. The summed E-state index contributed by atoms with van der Waals surface area (Å²) in [7, 11) is 1.74. The second-order valence-corrected chi connectivity index (χ2v) is 4.22. The second kappa shape index (κ2) is 6.15. The van der Waals surface area contributed by atoms with Gasteiger partial charge in [0.25, 0.3) is 5.91 Å². The summed E-state index contributed by atoms with van der Waals surface area (Å²) in [6, 6.07) is 7.35. The molecule has 6 heteroatoms. The van der Waals surface area contributed by atoms with E-state index in [1.54, 1.807) is 13.1 Å². The maximum absolute atomic E-state index is 11.9. The Kier molecular flexibility index (Phi) is 4.30. The quantitative estimate of drug-likeness (QED) is 0.897. The van der Waals surface area contributed by atoms with Crippen molar-refractivity contribution >= 4 is 23.3 Å². The minimum atomic E-state index is -0.282. The Labute approximate surface area is 116 Å². The summed E-state index contributed by atoms with van der Waals surface area (Å²) in [5.41, 5.74) is 1.13. The number of carbonyl (C=O) groups excluding carboxylic acids is 1. The van der Waals surface area contributed by atoms with Crippen LogP contribution < -0.4 is 10.6 Å². The Morgan fingerprint density at radius 2 is 2.05 bits per heavy atom. The van der Waals surface area contributed by atoms with Crippen molar-refractivity contribution in [1.29, 1.82) is 0 Å². The lowest BCUT2D eigenvalue weighted by Crippen LogP contribution is -2.24. The van der Waals surface area contributed by atoms with Crippen LogP contribution in [0.25, 0.3) is 0 Å². The van der Waals surface area contributed by atoms with Crippen LogP contribution in [-0.4, -0.2) is 22.9 Å². The van der Waals surface area contributed by atoms with Crippen LogP contribution in [0.1, 0.15) is 16.1 Å². The molecule has 0 aliphatic heterocycles. The van der Waals surface area contributed by atoms with E-state index in [1.807, 2.05) is 18.2 Å². The van der Waals surface area contributed by atoms with E-state index in [0.29, 0.717) is 17.4 Å². The highest BCUT2D eigenvalue weighted by molar-refractivity contribution is 6.31. The Hall–Kier alpha value is -2.14. The lowest BCUT2D eigenvalue weighted by molar-refractivity contribution is 0.0945. The zero-order valence-electron chi connectivity index (χ0n) is 10.4. The fraction of sp³-hybridized carbons (Fsp3) is 0.154. The largest absolute Gasteiger partial charge is 0.372 e. The maximum Gasteiger partial charge on any atom is 0.271 e. The number of nitrogens with zero attached hydrogens (tertiary/aromatic N) is 2. The van der Waals surface area contributed by atoms with Crippen LogP contribution in [-0.2, 0) is 6.54 Å². The van der Waals surface area contributed by atoms with Gasteiger partial charge in [-0.25, -0.2) is 9.97 Å². The van der Waals surface area contributed by atoms with E-state index >= 15 is 0 Å². The predicted octanol–water partition coefficient (Wildman–Crippen LogP) is 2.10. The second-order valence-electron chi connectivity index (χ2n) is 3.81. The molecule has 0 saturated carbocycles. The van der Waals surface area contributed by atoms with E-state index in [1.165, 1.54) is 12.4 Å². The van der Waals surface area contributed by atoms with Crippen LogP contribution in [0, 0.1) is 0 Å². The van der Waals surface area contributed by atoms with Crippen molar-refractivity contribution in [3.05, 3.63) is 52.9 Å². The van der Waals surface area contributed by atoms with Crippen molar-refractivity contribution < 1.29 is 4.79 Å². The molecule has 0 aliphatic carbocycles. The number of amides is 1. The SMILES string of the molecule is CNc1cnc(C(=O)NCc2ccccc2Cl)cn1. The van der Waals surface area contributed by atoms with E-state index in [-0.39, 0.29) is 11.6 Å². The summed E-state index contributed by atoms with van der Waals surface area (Å²) in [4.78, 5) is 19.9. The normalized spacial score (nSPS) is 10.0. The maximum atomic E-state index is 11.9. The first-order valence-electron chi connectivity index (χ1n) is 5.72. The first-order chi connectivity index (χ1) is 9.20. The topological polar surface area (TPSA) is 66.9 Å². The number of rotatable bonds is 4. The van der Waals surface area contributed by atoms with Crippen LogP contribution in [0.5, 0.6) is 0 Å². The number of hydrogen-bond donors (Lipinski definition) is 2. The Bertz CT molecular complexity index is 571. The molecule has 98 valence electrons. The van der Waals surface area contributed by atoms with Gasteiger partial charge in [0, 0.05) is 18.6 Å². The molecule has 2 aromatic rings. The highest BCUT2D eigenvalue weighted by atomic mass is 35.5. The summed E-state index contributed by atoms with van der Waals surface area (Å²) >= 11 is 6.01. The molecule has 0 atom stereocenters. The lowest BCUT2D eigenvalue weighted by atomic mass is 10.2. The molecule has 1 amide bonds. The van der Waals surface area contributed by atoms with Gasteiger partial charge in [0.2, 0.25) is 0 Å². The van der Waals surface area contributed by atoms with Gasteiger partial charge in [0.05, 0.1) is 12.4 Å². The number of nitrogens with one attached hydrogen (secondary N) is 2. The Morgan fingerprint density at radius 3 is 2.68 bits per heavy atom. The molecular formula is C13H13ClN4O. The molecule has 5 nitrogen and oxygen atoms in total. The van der Waals surface area contributed by atoms with Gasteiger partial charge in [0.15, 0.2) is 0 Å². The van der Waals surface area contributed by atoms with Gasteiger partial charge in [0.1, 0.15) is 11.5 Å². The van der Waals surface area contributed by atoms with Gasteiger partial charge in [-0.15, -0.1) is 0 Å². The predicted molar refractivity (Wildman–Crippen MR) is 74.2 cm³/mol. The Morgan fingerprint density at radius 1 is 1.26 bits per heavy atom. The van der Waals surface area contributed by atoms with Gasteiger partial charge in [-0.05, 0) is 11.6 Å². The molecule has 0 radical (unpaired) electrons. The standard InChI is InChI=1S/C13H13ClN4O/c1-15-12-8-16-11(7-17-12)13(19)18-6-9-4-2-3-5-10(9)14/h2-5,7-8H,6H2,1H3,(H,15,17)(H,18,19). The van der Waals surface area contributed by atoms with E-state index in [4.69, 9.17) is 11.6 Å².